The number of rotatable bonds is 3. The van der Waals surface area contributed by atoms with E-state index in [0.29, 0.717) is 11.6 Å². The standard InChI is InChI=1S/C10H11BrN4S/c1-6-14-9(12)4-10(15-6)13-5-7-2-3-8(11)16-7/h2-4H,5H2,1H3,(H3,12,13,14,15). The minimum atomic E-state index is 0.488. The molecule has 0 aliphatic carbocycles. The Labute approximate surface area is 106 Å². The third kappa shape index (κ3) is 2.93. The molecular formula is C10H11BrN4S. The molecule has 2 rings (SSSR count). The Morgan fingerprint density at radius 2 is 2.25 bits per heavy atom. The Morgan fingerprint density at radius 1 is 1.44 bits per heavy atom. The molecule has 0 atom stereocenters. The van der Waals surface area contributed by atoms with Gasteiger partial charge in [-0.05, 0) is 35.0 Å². The number of nitrogens with two attached hydrogens (primary N) is 1. The lowest BCUT2D eigenvalue weighted by atomic mass is 10.4. The first-order chi connectivity index (χ1) is 7.63. The maximum absolute atomic E-state index is 5.64. The number of hydrogen-bond acceptors (Lipinski definition) is 5. The number of aryl methyl sites for hydroxylation is 1. The van der Waals surface area contributed by atoms with Gasteiger partial charge in [0.1, 0.15) is 17.5 Å². The number of halogens is 1. The lowest BCUT2D eigenvalue weighted by Gasteiger charge is -2.05. The second kappa shape index (κ2) is 4.80. The summed E-state index contributed by atoms with van der Waals surface area (Å²) in [6, 6.07) is 5.83. The molecule has 16 heavy (non-hydrogen) atoms. The predicted octanol–water partition coefficient (Wildman–Crippen LogP) is 2.80. The maximum atomic E-state index is 5.64. The molecular weight excluding hydrogens is 288 g/mol. The van der Waals surface area contributed by atoms with E-state index >= 15 is 0 Å². The zero-order valence-electron chi connectivity index (χ0n) is 8.70. The molecule has 0 aliphatic heterocycles. The number of nitrogens with one attached hydrogen (secondary N) is 1. The van der Waals surface area contributed by atoms with Gasteiger partial charge in [0, 0.05) is 10.9 Å². The summed E-state index contributed by atoms with van der Waals surface area (Å²) in [7, 11) is 0. The van der Waals surface area contributed by atoms with Crippen LogP contribution in [-0.4, -0.2) is 9.97 Å². The number of nitrogens with zero attached hydrogens (tertiary/aromatic N) is 2. The van der Waals surface area contributed by atoms with Crippen molar-refractivity contribution in [3.63, 3.8) is 0 Å². The van der Waals surface area contributed by atoms with Gasteiger partial charge in [-0.1, -0.05) is 0 Å². The van der Waals surface area contributed by atoms with Crippen LogP contribution in [0, 0.1) is 6.92 Å². The number of thiophene rings is 1. The molecule has 0 spiro atoms. The van der Waals surface area contributed by atoms with E-state index in [0.717, 1.165) is 16.1 Å². The second-order valence-corrected chi connectivity index (χ2v) is 5.83. The van der Waals surface area contributed by atoms with Crippen LogP contribution in [0.15, 0.2) is 22.0 Å². The maximum Gasteiger partial charge on any atom is 0.132 e. The van der Waals surface area contributed by atoms with E-state index in [1.54, 1.807) is 17.4 Å². The predicted molar refractivity (Wildman–Crippen MR) is 70.5 cm³/mol. The van der Waals surface area contributed by atoms with Crippen molar-refractivity contribution >= 4 is 38.9 Å². The van der Waals surface area contributed by atoms with Crippen LogP contribution in [0.1, 0.15) is 10.7 Å². The lowest BCUT2D eigenvalue weighted by Crippen LogP contribution is -2.03. The van der Waals surface area contributed by atoms with Crippen LogP contribution >= 0.6 is 27.3 Å². The third-order valence-corrected chi connectivity index (χ3v) is 3.55. The zero-order valence-corrected chi connectivity index (χ0v) is 11.1. The summed E-state index contributed by atoms with van der Waals surface area (Å²) in [6.07, 6.45) is 0. The Morgan fingerprint density at radius 3 is 2.88 bits per heavy atom. The Hall–Kier alpha value is -1.14. The molecule has 0 saturated carbocycles. The van der Waals surface area contributed by atoms with E-state index in [2.05, 4.69) is 37.3 Å². The number of nitrogen functional groups attached to an aromatic ring is 1. The monoisotopic (exact) mass is 298 g/mol. The summed E-state index contributed by atoms with van der Waals surface area (Å²) in [6.45, 7) is 2.56. The fraction of sp³-hybridized carbons (Fsp3) is 0.200. The molecule has 0 bridgehead atoms. The summed E-state index contributed by atoms with van der Waals surface area (Å²) in [5.41, 5.74) is 5.64. The van der Waals surface area contributed by atoms with Gasteiger partial charge >= 0.3 is 0 Å². The minimum Gasteiger partial charge on any atom is -0.384 e. The molecule has 0 fully saturated rings. The Balaban J connectivity index is 2.04. The van der Waals surface area contributed by atoms with Gasteiger partial charge in [-0.2, -0.15) is 0 Å². The fourth-order valence-corrected chi connectivity index (χ4v) is 2.73. The van der Waals surface area contributed by atoms with Crippen molar-refractivity contribution in [1.82, 2.24) is 9.97 Å². The summed E-state index contributed by atoms with van der Waals surface area (Å²) in [5, 5.41) is 3.21. The molecule has 0 saturated heterocycles. The summed E-state index contributed by atoms with van der Waals surface area (Å²) < 4.78 is 1.13. The van der Waals surface area contributed by atoms with Gasteiger partial charge in [-0.15, -0.1) is 11.3 Å². The van der Waals surface area contributed by atoms with E-state index in [4.69, 9.17) is 5.73 Å². The number of aromatic nitrogens is 2. The van der Waals surface area contributed by atoms with Crippen molar-refractivity contribution in [2.75, 3.05) is 11.1 Å². The van der Waals surface area contributed by atoms with Gasteiger partial charge in [0.05, 0.1) is 10.3 Å². The van der Waals surface area contributed by atoms with Crippen molar-refractivity contribution in [3.05, 3.63) is 32.7 Å². The van der Waals surface area contributed by atoms with Gasteiger partial charge in [0.15, 0.2) is 0 Å². The van der Waals surface area contributed by atoms with Crippen LogP contribution in [0.5, 0.6) is 0 Å². The molecule has 2 heterocycles. The number of hydrogen-bond donors (Lipinski definition) is 2. The first kappa shape index (κ1) is 11.3. The quantitative estimate of drug-likeness (QED) is 0.914. The molecule has 84 valence electrons. The van der Waals surface area contributed by atoms with Crippen molar-refractivity contribution < 1.29 is 0 Å². The molecule has 2 aromatic heterocycles. The van der Waals surface area contributed by atoms with Gasteiger partial charge in [0.2, 0.25) is 0 Å². The van der Waals surface area contributed by atoms with Gasteiger partial charge in [0.25, 0.3) is 0 Å². The smallest absolute Gasteiger partial charge is 0.132 e. The van der Waals surface area contributed by atoms with E-state index < -0.39 is 0 Å². The first-order valence-corrected chi connectivity index (χ1v) is 6.33. The van der Waals surface area contributed by atoms with Crippen molar-refractivity contribution in [2.24, 2.45) is 0 Å². The third-order valence-electron chi connectivity index (χ3n) is 1.93. The summed E-state index contributed by atoms with van der Waals surface area (Å²) in [4.78, 5) is 9.50. The fourth-order valence-electron chi connectivity index (χ4n) is 1.31. The Kier molecular flexibility index (Phi) is 3.40. The molecule has 4 nitrogen and oxygen atoms in total. The van der Waals surface area contributed by atoms with Gasteiger partial charge in [-0.3, -0.25) is 0 Å². The van der Waals surface area contributed by atoms with Crippen LogP contribution in [0.4, 0.5) is 11.6 Å². The van der Waals surface area contributed by atoms with Crippen LogP contribution in [-0.2, 0) is 6.54 Å². The second-order valence-electron chi connectivity index (χ2n) is 3.28. The number of anilines is 2. The molecule has 3 N–H and O–H groups in total. The summed E-state index contributed by atoms with van der Waals surface area (Å²) >= 11 is 5.12. The normalized spacial score (nSPS) is 10.4. The first-order valence-electron chi connectivity index (χ1n) is 4.73. The topological polar surface area (TPSA) is 63.8 Å². The van der Waals surface area contributed by atoms with Crippen molar-refractivity contribution in [2.45, 2.75) is 13.5 Å². The van der Waals surface area contributed by atoms with Crippen LogP contribution < -0.4 is 11.1 Å². The van der Waals surface area contributed by atoms with E-state index in [9.17, 15) is 0 Å². The SMILES string of the molecule is Cc1nc(N)cc(NCc2ccc(Br)s2)n1. The van der Waals surface area contributed by atoms with Crippen molar-refractivity contribution in [1.29, 1.82) is 0 Å². The molecule has 2 aromatic rings. The average molecular weight is 299 g/mol. The van der Waals surface area contributed by atoms with E-state index in [1.165, 1.54) is 4.88 Å². The van der Waals surface area contributed by atoms with Crippen LogP contribution in [0.2, 0.25) is 0 Å². The average Bonchev–Trinajstić information content (AvgIpc) is 2.60. The largest absolute Gasteiger partial charge is 0.384 e. The molecule has 0 unspecified atom stereocenters. The lowest BCUT2D eigenvalue weighted by molar-refractivity contribution is 1.04. The highest BCUT2D eigenvalue weighted by atomic mass is 79.9. The molecule has 0 aliphatic rings. The van der Waals surface area contributed by atoms with Gasteiger partial charge in [-0.25, -0.2) is 9.97 Å². The minimum absolute atomic E-state index is 0.488. The Bertz CT molecular complexity index is 477. The zero-order chi connectivity index (χ0) is 11.5. The van der Waals surface area contributed by atoms with Crippen LogP contribution in [0.25, 0.3) is 0 Å². The molecule has 0 aromatic carbocycles. The highest BCUT2D eigenvalue weighted by Crippen LogP contribution is 2.22. The van der Waals surface area contributed by atoms with E-state index in [1.807, 2.05) is 13.0 Å². The summed E-state index contributed by atoms with van der Waals surface area (Å²) in [5.74, 6) is 1.92. The molecule has 0 radical (unpaired) electrons. The molecule has 6 heteroatoms. The highest BCUT2D eigenvalue weighted by molar-refractivity contribution is 9.11. The van der Waals surface area contributed by atoms with Crippen molar-refractivity contribution in [3.8, 4) is 0 Å². The van der Waals surface area contributed by atoms with Gasteiger partial charge < -0.3 is 11.1 Å². The highest BCUT2D eigenvalue weighted by Gasteiger charge is 2.01. The van der Waals surface area contributed by atoms with E-state index in [-0.39, 0.29) is 0 Å². The van der Waals surface area contributed by atoms with Crippen LogP contribution in [0.3, 0.4) is 0 Å². The molecule has 0 amide bonds.